The molecule has 9 heteroatoms. The highest BCUT2D eigenvalue weighted by atomic mass is 35.5. The first-order valence-corrected chi connectivity index (χ1v) is 8.05. The van der Waals surface area contributed by atoms with Crippen LogP contribution in [0.1, 0.15) is 0 Å². The number of nitrogens with zero attached hydrogens (tertiary/aromatic N) is 1. The lowest BCUT2D eigenvalue weighted by Gasteiger charge is -2.06. The van der Waals surface area contributed by atoms with Crippen LogP contribution in [-0.2, 0) is 9.84 Å². The van der Waals surface area contributed by atoms with Crippen molar-refractivity contribution in [3.63, 3.8) is 0 Å². The lowest BCUT2D eigenvalue weighted by molar-refractivity contribution is 0.504. The van der Waals surface area contributed by atoms with Gasteiger partial charge in [0, 0.05) is 6.20 Å². The van der Waals surface area contributed by atoms with Gasteiger partial charge in [-0.15, -0.1) is 0 Å². The molecule has 23 heavy (non-hydrogen) atoms. The minimum atomic E-state index is -4.35. The molecular weight excluding hydrogens is 350 g/mol. The van der Waals surface area contributed by atoms with Gasteiger partial charge in [0.15, 0.2) is 11.6 Å². The highest BCUT2D eigenvalue weighted by Gasteiger charge is 2.24. The van der Waals surface area contributed by atoms with Gasteiger partial charge >= 0.3 is 0 Å². The average Bonchev–Trinajstić information content (AvgIpc) is 2.50. The summed E-state index contributed by atoms with van der Waals surface area (Å²) < 4.78 is 51.2. The molecule has 0 aliphatic carbocycles. The first-order chi connectivity index (χ1) is 10.8. The summed E-state index contributed by atoms with van der Waals surface area (Å²) in [6.07, 6.45) is 0.983. The molecule has 0 radical (unpaired) electrons. The predicted octanol–water partition coefficient (Wildman–Crippen LogP) is 2.69. The molecule has 0 saturated carbocycles. The van der Waals surface area contributed by atoms with Crippen LogP contribution >= 0.6 is 11.6 Å². The van der Waals surface area contributed by atoms with E-state index in [0.29, 0.717) is 17.6 Å². The summed E-state index contributed by atoms with van der Waals surface area (Å²) in [5.41, 5.74) is -0.754. The number of H-pyrrole nitrogens is 1. The van der Waals surface area contributed by atoms with Gasteiger partial charge in [-0.3, -0.25) is 4.79 Å². The second-order valence-electron chi connectivity index (χ2n) is 4.59. The summed E-state index contributed by atoms with van der Waals surface area (Å²) >= 11 is 5.71. The van der Waals surface area contributed by atoms with Crippen LogP contribution in [0, 0.1) is 11.6 Å². The van der Waals surface area contributed by atoms with Crippen LogP contribution in [0.15, 0.2) is 51.1 Å². The third kappa shape index (κ3) is 2.60. The second kappa shape index (κ2) is 5.39. The van der Waals surface area contributed by atoms with Crippen molar-refractivity contribution in [1.29, 1.82) is 0 Å². The van der Waals surface area contributed by atoms with Crippen LogP contribution in [-0.4, -0.2) is 18.4 Å². The number of pyridine rings is 2. The number of benzene rings is 1. The zero-order chi connectivity index (χ0) is 16.8. The molecule has 0 unspecified atom stereocenters. The van der Waals surface area contributed by atoms with Crippen LogP contribution in [0.3, 0.4) is 0 Å². The van der Waals surface area contributed by atoms with Crippen molar-refractivity contribution in [3.05, 3.63) is 63.5 Å². The SMILES string of the molecule is O=c1c(S(=O)(=O)c2ccc(F)c(F)c2)c[nH]c2ccc(Cl)nc12. The Labute approximate surface area is 133 Å². The number of nitrogens with one attached hydrogen (secondary N) is 1. The minimum absolute atomic E-state index is 0.0189. The van der Waals surface area contributed by atoms with E-state index in [9.17, 15) is 22.0 Å². The van der Waals surface area contributed by atoms with E-state index in [-0.39, 0.29) is 10.7 Å². The molecule has 0 fully saturated rings. The highest BCUT2D eigenvalue weighted by Crippen LogP contribution is 2.21. The zero-order valence-electron chi connectivity index (χ0n) is 11.2. The Bertz CT molecular complexity index is 1100. The van der Waals surface area contributed by atoms with E-state index in [0.717, 1.165) is 12.3 Å². The lowest BCUT2D eigenvalue weighted by atomic mass is 10.3. The maximum Gasteiger partial charge on any atom is 0.226 e. The molecule has 0 aliphatic rings. The van der Waals surface area contributed by atoms with Gasteiger partial charge in [0.25, 0.3) is 0 Å². The Hall–Kier alpha value is -2.32. The number of aromatic nitrogens is 2. The summed E-state index contributed by atoms with van der Waals surface area (Å²) in [7, 11) is -4.35. The molecular formula is C14H7ClF2N2O3S. The number of rotatable bonds is 2. The van der Waals surface area contributed by atoms with Gasteiger partial charge < -0.3 is 4.98 Å². The van der Waals surface area contributed by atoms with Gasteiger partial charge in [0.2, 0.25) is 15.3 Å². The number of halogens is 3. The first kappa shape index (κ1) is 15.6. The number of aromatic amines is 1. The predicted molar refractivity (Wildman–Crippen MR) is 79.2 cm³/mol. The second-order valence-corrected chi connectivity index (χ2v) is 6.90. The van der Waals surface area contributed by atoms with Gasteiger partial charge in [0.1, 0.15) is 15.6 Å². The molecule has 0 atom stereocenters. The number of sulfone groups is 1. The van der Waals surface area contributed by atoms with Crippen LogP contribution in [0.4, 0.5) is 8.78 Å². The summed E-state index contributed by atoms with van der Waals surface area (Å²) in [6, 6.07) is 4.97. The van der Waals surface area contributed by atoms with Gasteiger partial charge in [-0.25, -0.2) is 22.2 Å². The van der Waals surface area contributed by atoms with Crippen molar-refractivity contribution < 1.29 is 17.2 Å². The Morgan fingerprint density at radius 1 is 1.09 bits per heavy atom. The lowest BCUT2D eigenvalue weighted by Crippen LogP contribution is -2.17. The van der Waals surface area contributed by atoms with Crippen LogP contribution < -0.4 is 5.43 Å². The van der Waals surface area contributed by atoms with Gasteiger partial charge in [-0.05, 0) is 30.3 Å². The van der Waals surface area contributed by atoms with E-state index in [1.54, 1.807) is 0 Å². The number of fused-ring (bicyclic) bond motifs is 1. The molecule has 3 rings (SSSR count). The van der Waals surface area contributed by atoms with E-state index < -0.39 is 36.7 Å². The quantitative estimate of drug-likeness (QED) is 0.565. The van der Waals surface area contributed by atoms with E-state index >= 15 is 0 Å². The molecule has 1 N–H and O–H groups in total. The molecule has 1 aromatic carbocycles. The normalized spacial score (nSPS) is 11.8. The standard InChI is InChI=1S/C14H7ClF2N2O3S/c15-12-4-3-10-13(19-12)14(20)11(6-18-10)23(21,22)7-1-2-8(16)9(17)5-7/h1-6H,(H,18,20). The van der Waals surface area contributed by atoms with Crippen molar-refractivity contribution >= 4 is 32.5 Å². The molecule has 0 bridgehead atoms. The average molecular weight is 357 g/mol. The smallest absolute Gasteiger partial charge is 0.226 e. The molecule has 0 aliphatic heterocycles. The third-order valence-electron chi connectivity index (χ3n) is 3.15. The molecule has 0 amide bonds. The number of hydrogen-bond donors (Lipinski definition) is 1. The maximum atomic E-state index is 13.3. The summed E-state index contributed by atoms with van der Waals surface area (Å²) in [5.74, 6) is -2.52. The van der Waals surface area contributed by atoms with E-state index in [4.69, 9.17) is 11.6 Å². The molecule has 3 aromatic rings. The van der Waals surface area contributed by atoms with Crippen molar-refractivity contribution in [3.8, 4) is 0 Å². The van der Waals surface area contributed by atoms with Crippen molar-refractivity contribution in [1.82, 2.24) is 9.97 Å². The number of hydrogen-bond acceptors (Lipinski definition) is 4. The van der Waals surface area contributed by atoms with Gasteiger partial charge in [0.05, 0.1) is 10.4 Å². The van der Waals surface area contributed by atoms with Crippen molar-refractivity contribution in [2.45, 2.75) is 9.79 Å². The molecule has 2 heterocycles. The van der Waals surface area contributed by atoms with Gasteiger partial charge in [-0.2, -0.15) is 0 Å². The topological polar surface area (TPSA) is 79.9 Å². The third-order valence-corrected chi connectivity index (χ3v) is 5.12. The van der Waals surface area contributed by atoms with Crippen molar-refractivity contribution in [2.24, 2.45) is 0 Å². The Balaban J connectivity index is 2.28. The van der Waals surface area contributed by atoms with E-state index in [1.807, 2.05) is 0 Å². The van der Waals surface area contributed by atoms with E-state index in [1.165, 1.54) is 12.1 Å². The van der Waals surface area contributed by atoms with Crippen LogP contribution in [0.5, 0.6) is 0 Å². The summed E-state index contributed by atoms with van der Waals surface area (Å²) in [4.78, 5) is 17.6. The molecule has 118 valence electrons. The van der Waals surface area contributed by atoms with E-state index in [2.05, 4.69) is 9.97 Å². The Morgan fingerprint density at radius 3 is 2.52 bits per heavy atom. The fraction of sp³-hybridized carbons (Fsp3) is 0. The minimum Gasteiger partial charge on any atom is -0.358 e. The van der Waals surface area contributed by atoms with Crippen LogP contribution in [0.25, 0.3) is 11.0 Å². The molecule has 0 spiro atoms. The largest absolute Gasteiger partial charge is 0.358 e. The fourth-order valence-electron chi connectivity index (χ4n) is 2.02. The first-order valence-electron chi connectivity index (χ1n) is 6.19. The molecule has 2 aromatic heterocycles. The Morgan fingerprint density at radius 2 is 1.83 bits per heavy atom. The maximum absolute atomic E-state index is 13.3. The Kier molecular flexibility index (Phi) is 3.65. The summed E-state index contributed by atoms with van der Waals surface area (Å²) in [5, 5.41) is 0.0189. The monoisotopic (exact) mass is 356 g/mol. The zero-order valence-corrected chi connectivity index (χ0v) is 12.8. The summed E-state index contributed by atoms with van der Waals surface area (Å²) in [6.45, 7) is 0. The van der Waals surface area contributed by atoms with Crippen LogP contribution in [0.2, 0.25) is 5.15 Å². The van der Waals surface area contributed by atoms with Gasteiger partial charge in [-0.1, -0.05) is 11.6 Å². The molecule has 0 saturated heterocycles. The van der Waals surface area contributed by atoms with Crippen molar-refractivity contribution in [2.75, 3.05) is 0 Å². The highest BCUT2D eigenvalue weighted by molar-refractivity contribution is 7.91. The fourth-order valence-corrected chi connectivity index (χ4v) is 3.48. The molecule has 5 nitrogen and oxygen atoms in total.